The fourth-order valence-corrected chi connectivity index (χ4v) is 4.79. The Kier molecular flexibility index (Phi) is 5.46. The molecule has 1 amide bonds. The number of furan rings is 1. The highest BCUT2D eigenvalue weighted by atomic mass is 35.5. The fourth-order valence-electron chi connectivity index (χ4n) is 2.90. The van der Waals surface area contributed by atoms with E-state index in [1.54, 1.807) is 36.6 Å². The summed E-state index contributed by atoms with van der Waals surface area (Å²) in [6.45, 7) is 0.477. The van der Waals surface area contributed by atoms with Gasteiger partial charge >= 0.3 is 0 Å². The van der Waals surface area contributed by atoms with E-state index in [2.05, 4.69) is 5.32 Å². The third-order valence-electron chi connectivity index (χ3n) is 4.14. The Bertz CT molecular complexity index is 819. The maximum Gasteiger partial charge on any atom is 0.238 e. The first kappa shape index (κ1) is 18.0. The number of rotatable bonds is 6. The minimum atomic E-state index is -3.04. The van der Waals surface area contributed by atoms with E-state index in [1.165, 1.54) is 0 Å². The van der Waals surface area contributed by atoms with Crippen molar-refractivity contribution in [2.75, 3.05) is 23.4 Å². The molecule has 1 atom stereocenters. The van der Waals surface area contributed by atoms with Crippen LogP contribution in [0.1, 0.15) is 12.2 Å². The molecule has 0 bridgehead atoms. The molecule has 6 nitrogen and oxygen atoms in total. The standard InChI is InChI=1S/C17H19ClN2O4S/c18-13-3-5-14(6-4-13)19-17(21)11-20(10-16-2-1-8-24-16)15-7-9-25(22,23)12-15/h1-6,8,15H,7,9-12H2,(H,19,21). The van der Waals surface area contributed by atoms with Crippen molar-refractivity contribution >= 4 is 33.0 Å². The highest BCUT2D eigenvalue weighted by Crippen LogP contribution is 2.20. The molecule has 1 aliphatic rings. The summed E-state index contributed by atoms with van der Waals surface area (Å²) < 4.78 is 28.9. The number of sulfone groups is 1. The Balaban J connectivity index is 1.68. The predicted octanol–water partition coefficient (Wildman–Crippen LogP) is 2.56. The zero-order valence-corrected chi connectivity index (χ0v) is 15.1. The zero-order chi connectivity index (χ0) is 17.9. The largest absolute Gasteiger partial charge is 0.468 e. The number of hydrogen-bond donors (Lipinski definition) is 1. The van der Waals surface area contributed by atoms with Gasteiger partial charge in [-0.05, 0) is 42.8 Å². The molecule has 1 aliphatic heterocycles. The zero-order valence-electron chi connectivity index (χ0n) is 13.5. The van der Waals surface area contributed by atoms with Gasteiger partial charge in [0.05, 0.1) is 30.9 Å². The Hall–Kier alpha value is -1.83. The summed E-state index contributed by atoms with van der Waals surface area (Å²) in [7, 11) is -3.04. The molecule has 134 valence electrons. The van der Waals surface area contributed by atoms with Gasteiger partial charge in [0.25, 0.3) is 0 Å². The number of amides is 1. The van der Waals surface area contributed by atoms with Crippen LogP contribution in [0.25, 0.3) is 0 Å². The highest BCUT2D eigenvalue weighted by Gasteiger charge is 2.33. The molecule has 2 aromatic rings. The van der Waals surface area contributed by atoms with Crippen molar-refractivity contribution in [1.29, 1.82) is 0 Å². The summed E-state index contributed by atoms with van der Waals surface area (Å²) >= 11 is 5.84. The monoisotopic (exact) mass is 382 g/mol. The topological polar surface area (TPSA) is 79.6 Å². The number of halogens is 1. The quantitative estimate of drug-likeness (QED) is 0.830. The summed E-state index contributed by atoms with van der Waals surface area (Å²) in [5.41, 5.74) is 0.645. The van der Waals surface area contributed by atoms with Crippen molar-refractivity contribution in [2.45, 2.75) is 19.0 Å². The minimum Gasteiger partial charge on any atom is -0.468 e. The van der Waals surface area contributed by atoms with E-state index in [0.29, 0.717) is 29.4 Å². The van der Waals surface area contributed by atoms with Crippen molar-refractivity contribution in [3.63, 3.8) is 0 Å². The highest BCUT2D eigenvalue weighted by molar-refractivity contribution is 7.91. The molecule has 1 saturated heterocycles. The van der Waals surface area contributed by atoms with Crippen LogP contribution in [0.15, 0.2) is 47.1 Å². The molecule has 1 fully saturated rings. The maximum absolute atomic E-state index is 12.4. The van der Waals surface area contributed by atoms with E-state index in [0.717, 1.165) is 0 Å². The SMILES string of the molecule is O=C(CN(Cc1ccco1)C1CCS(=O)(=O)C1)Nc1ccc(Cl)cc1. The van der Waals surface area contributed by atoms with Gasteiger partial charge in [-0.25, -0.2) is 8.42 Å². The number of anilines is 1. The first-order valence-corrected chi connectivity index (χ1v) is 10.1. The van der Waals surface area contributed by atoms with Gasteiger partial charge in [-0.15, -0.1) is 0 Å². The minimum absolute atomic E-state index is 0.0714. The molecular formula is C17H19ClN2O4S. The van der Waals surface area contributed by atoms with Gasteiger partial charge in [0, 0.05) is 16.8 Å². The van der Waals surface area contributed by atoms with Gasteiger partial charge in [0.1, 0.15) is 5.76 Å². The number of carbonyl (C=O) groups excluding carboxylic acids is 1. The van der Waals surface area contributed by atoms with Crippen LogP contribution < -0.4 is 5.32 Å². The lowest BCUT2D eigenvalue weighted by Gasteiger charge is -2.26. The van der Waals surface area contributed by atoms with Crippen molar-refractivity contribution in [1.82, 2.24) is 4.90 Å². The second-order valence-corrected chi connectivity index (χ2v) is 8.76. The van der Waals surface area contributed by atoms with Crippen LogP contribution in [0.3, 0.4) is 0 Å². The molecule has 8 heteroatoms. The van der Waals surface area contributed by atoms with Crippen molar-refractivity contribution < 1.29 is 17.6 Å². The van der Waals surface area contributed by atoms with E-state index in [-0.39, 0.29) is 30.0 Å². The average molecular weight is 383 g/mol. The molecule has 25 heavy (non-hydrogen) atoms. The molecule has 2 heterocycles. The summed E-state index contributed by atoms with van der Waals surface area (Å²) in [5, 5.41) is 3.40. The molecule has 3 rings (SSSR count). The predicted molar refractivity (Wildman–Crippen MR) is 96.3 cm³/mol. The second-order valence-electron chi connectivity index (χ2n) is 6.10. The Morgan fingerprint density at radius 1 is 1.28 bits per heavy atom. The molecule has 0 saturated carbocycles. The number of benzene rings is 1. The lowest BCUT2D eigenvalue weighted by molar-refractivity contribution is -0.118. The molecule has 0 spiro atoms. The number of carbonyl (C=O) groups is 1. The third kappa shape index (κ3) is 5.07. The Morgan fingerprint density at radius 2 is 2.04 bits per heavy atom. The van der Waals surface area contributed by atoms with E-state index in [4.69, 9.17) is 16.0 Å². The van der Waals surface area contributed by atoms with E-state index in [9.17, 15) is 13.2 Å². The van der Waals surface area contributed by atoms with E-state index >= 15 is 0 Å². The van der Waals surface area contributed by atoms with Gasteiger partial charge in [-0.1, -0.05) is 11.6 Å². The number of hydrogen-bond acceptors (Lipinski definition) is 5. The fraction of sp³-hybridized carbons (Fsp3) is 0.353. The van der Waals surface area contributed by atoms with Gasteiger partial charge in [-0.2, -0.15) is 0 Å². The van der Waals surface area contributed by atoms with Crippen LogP contribution >= 0.6 is 11.6 Å². The molecule has 1 unspecified atom stereocenters. The van der Waals surface area contributed by atoms with Crippen LogP contribution in [0.5, 0.6) is 0 Å². The van der Waals surface area contributed by atoms with E-state index < -0.39 is 9.84 Å². The Labute approximate surface area is 151 Å². The van der Waals surface area contributed by atoms with Crippen molar-refractivity contribution in [3.8, 4) is 0 Å². The van der Waals surface area contributed by atoms with Crippen molar-refractivity contribution in [2.24, 2.45) is 0 Å². The molecule has 1 N–H and O–H groups in total. The smallest absolute Gasteiger partial charge is 0.238 e. The van der Waals surface area contributed by atoms with Gasteiger partial charge in [0.2, 0.25) is 5.91 Å². The summed E-state index contributed by atoms with van der Waals surface area (Å²) in [5.74, 6) is 0.717. The lowest BCUT2D eigenvalue weighted by atomic mass is 10.2. The molecular weight excluding hydrogens is 364 g/mol. The van der Waals surface area contributed by atoms with Crippen LogP contribution in [-0.4, -0.2) is 43.3 Å². The molecule has 0 radical (unpaired) electrons. The summed E-state index contributed by atoms with van der Waals surface area (Å²) in [6.07, 6.45) is 2.09. The van der Waals surface area contributed by atoms with Crippen LogP contribution in [0.4, 0.5) is 5.69 Å². The van der Waals surface area contributed by atoms with E-state index in [1.807, 2.05) is 11.0 Å². The first-order chi connectivity index (χ1) is 11.9. The van der Waals surface area contributed by atoms with Crippen molar-refractivity contribution in [3.05, 3.63) is 53.4 Å². The molecule has 0 aliphatic carbocycles. The molecule has 1 aromatic heterocycles. The second kappa shape index (κ2) is 7.59. The third-order valence-corrected chi connectivity index (χ3v) is 6.14. The van der Waals surface area contributed by atoms with Crippen LogP contribution in [0, 0.1) is 0 Å². The number of nitrogens with zero attached hydrogens (tertiary/aromatic N) is 1. The molecule has 1 aromatic carbocycles. The summed E-state index contributed by atoms with van der Waals surface area (Å²) in [6, 6.07) is 10.2. The van der Waals surface area contributed by atoms with Gasteiger partial charge < -0.3 is 9.73 Å². The van der Waals surface area contributed by atoms with Crippen LogP contribution in [-0.2, 0) is 21.2 Å². The normalized spacial score (nSPS) is 19.2. The van der Waals surface area contributed by atoms with Gasteiger partial charge in [0.15, 0.2) is 9.84 Å². The van der Waals surface area contributed by atoms with Gasteiger partial charge in [-0.3, -0.25) is 9.69 Å². The summed E-state index contributed by atoms with van der Waals surface area (Å²) in [4.78, 5) is 14.2. The number of nitrogens with one attached hydrogen (secondary N) is 1. The van der Waals surface area contributed by atoms with Crippen LogP contribution in [0.2, 0.25) is 5.02 Å². The Morgan fingerprint density at radius 3 is 2.64 bits per heavy atom. The lowest BCUT2D eigenvalue weighted by Crippen LogP contribution is -2.41. The average Bonchev–Trinajstić information content (AvgIpc) is 3.18. The maximum atomic E-state index is 12.4. The first-order valence-electron chi connectivity index (χ1n) is 7.93.